The van der Waals surface area contributed by atoms with Gasteiger partial charge in [-0.1, -0.05) is 267 Å². The van der Waals surface area contributed by atoms with Crippen molar-refractivity contribution in [3.8, 4) is 0 Å². The summed E-state index contributed by atoms with van der Waals surface area (Å²) in [6, 6.07) is -0.858. The Morgan fingerprint density at radius 1 is 0.468 bits per heavy atom. The highest BCUT2D eigenvalue weighted by Gasteiger charge is 2.30. The molecule has 9 nitrogen and oxygen atoms in total. The Bertz CT molecular complexity index is 1590. The summed E-state index contributed by atoms with van der Waals surface area (Å²) in [5.41, 5.74) is 0. The molecule has 0 saturated carbocycles. The van der Waals surface area contributed by atoms with E-state index in [4.69, 9.17) is 13.8 Å². The molecule has 3 unspecified atom stereocenters. The predicted octanol–water partition coefficient (Wildman–Crippen LogP) is 19.8. The van der Waals surface area contributed by atoms with Crippen molar-refractivity contribution in [1.29, 1.82) is 0 Å². The van der Waals surface area contributed by atoms with E-state index in [9.17, 15) is 19.0 Å². The summed E-state index contributed by atoms with van der Waals surface area (Å²) in [4.78, 5) is 37.7. The number of esters is 1. The molecule has 0 bridgehead atoms. The fraction of sp³-hybridized carbons (Fsp3) is 0.761. The van der Waals surface area contributed by atoms with Crippen LogP contribution < -0.4 is 5.32 Å². The standard InChI is InChI=1S/C67H121N2O7P/c1-7-10-13-16-19-22-25-27-29-30-31-32-33-34-35-36-37-38-40-41-44-47-50-53-56-59-66(70)68-64(63-75-77(72,73)74-62-61-69(4,5)6)65(58-55-52-49-46-43-24-21-18-15-12-9-3)76-67(71)60-57-54-51-48-45-42-39-28-26-23-20-17-14-11-8-2/h10,13,19,22,27,29,31-32,34-35,37-38,55,58,64-65H,7-9,11-12,14-18,20-21,23-26,28,30,33,36,39-54,56-57,59-63H2,1-6H3,(H-,68,70,72,73)/p+1/b13-10-,22-19-,29-27-,32-31-,35-34-,38-37-,58-55-. The van der Waals surface area contributed by atoms with Gasteiger partial charge in [0.1, 0.15) is 19.3 Å². The number of unbranched alkanes of at least 4 members (excludes halogenated alkanes) is 29. The number of phosphoric acid groups is 1. The zero-order valence-corrected chi connectivity index (χ0v) is 51.8. The second-order valence-electron chi connectivity index (χ2n) is 22.6. The van der Waals surface area contributed by atoms with Crippen molar-refractivity contribution in [2.24, 2.45) is 0 Å². The lowest BCUT2D eigenvalue weighted by Crippen LogP contribution is -2.47. The SMILES string of the molecule is CC/C=C\C/C=C\C/C=C\C/C=C\C/C=C\C/C=C\CCCCCCCCC(=O)NC(COP(=O)(O)OCC[N+](C)(C)C)C(/C=C\CCCCCCCCCCC)OC(=O)CCCCCCCCCCCCCCCCC. The molecule has 0 fully saturated rings. The van der Waals surface area contributed by atoms with Gasteiger partial charge in [0.25, 0.3) is 0 Å². The molecule has 0 aromatic heterocycles. The van der Waals surface area contributed by atoms with E-state index in [1.165, 1.54) is 122 Å². The Kier molecular flexibility index (Phi) is 54.4. The smallest absolute Gasteiger partial charge is 0.456 e. The van der Waals surface area contributed by atoms with Crippen molar-refractivity contribution in [2.75, 3.05) is 40.9 Å². The molecular formula is C67H122N2O7P+. The number of hydrogen-bond donors (Lipinski definition) is 2. The molecule has 0 aliphatic rings. The number of amides is 1. The molecule has 0 spiro atoms. The highest BCUT2D eigenvalue weighted by atomic mass is 31.2. The van der Waals surface area contributed by atoms with Crippen LogP contribution in [0.4, 0.5) is 0 Å². The van der Waals surface area contributed by atoms with E-state index in [0.717, 1.165) is 122 Å². The molecule has 10 heteroatoms. The zero-order valence-electron chi connectivity index (χ0n) is 50.9. The third kappa shape index (κ3) is 57.7. The lowest BCUT2D eigenvalue weighted by Gasteiger charge is -2.27. The number of phosphoric ester groups is 1. The first-order valence-electron chi connectivity index (χ1n) is 31.9. The highest BCUT2D eigenvalue weighted by molar-refractivity contribution is 7.47. The molecule has 0 saturated heterocycles. The minimum Gasteiger partial charge on any atom is -0.456 e. The third-order valence-electron chi connectivity index (χ3n) is 13.8. The summed E-state index contributed by atoms with van der Waals surface area (Å²) in [5.74, 6) is -0.519. The summed E-state index contributed by atoms with van der Waals surface area (Å²) in [6.07, 6.45) is 74.4. The summed E-state index contributed by atoms with van der Waals surface area (Å²) >= 11 is 0. The average Bonchev–Trinajstić information content (AvgIpc) is 3.39. The topological polar surface area (TPSA) is 111 Å². The molecule has 77 heavy (non-hydrogen) atoms. The first-order chi connectivity index (χ1) is 37.4. The van der Waals surface area contributed by atoms with Gasteiger partial charge in [0, 0.05) is 12.8 Å². The van der Waals surface area contributed by atoms with Crippen LogP contribution in [0.3, 0.4) is 0 Å². The average molecular weight is 1100 g/mol. The molecule has 2 N–H and O–H groups in total. The predicted molar refractivity (Wildman–Crippen MR) is 332 cm³/mol. The number of hydrogen-bond acceptors (Lipinski definition) is 6. The maximum Gasteiger partial charge on any atom is 0.472 e. The maximum atomic E-state index is 13.6. The monoisotopic (exact) mass is 1100 g/mol. The Balaban J connectivity index is 5.16. The van der Waals surface area contributed by atoms with Gasteiger partial charge in [-0.05, 0) is 83.1 Å². The summed E-state index contributed by atoms with van der Waals surface area (Å²) in [6.45, 7) is 6.89. The molecule has 0 aromatic carbocycles. The molecule has 0 aromatic rings. The van der Waals surface area contributed by atoms with Gasteiger partial charge in [-0.3, -0.25) is 18.6 Å². The number of nitrogens with zero attached hydrogens (tertiary/aromatic N) is 1. The van der Waals surface area contributed by atoms with Gasteiger partial charge in [-0.15, -0.1) is 0 Å². The van der Waals surface area contributed by atoms with Crippen LogP contribution >= 0.6 is 7.82 Å². The number of ether oxygens (including phenoxy) is 1. The van der Waals surface area contributed by atoms with Crippen molar-refractivity contribution in [1.82, 2.24) is 5.32 Å². The molecule has 0 aliphatic carbocycles. The lowest BCUT2D eigenvalue weighted by atomic mass is 10.0. The van der Waals surface area contributed by atoms with Crippen molar-refractivity contribution in [3.05, 3.63) is 85.1 Å². The molecule has 0 radical (unpaired) electrons. The number of likely N-dealkylation sites (N-methyl/N-ethyl adjacent to an activating group) is 1. The van der Waals surface area contributed by atoms with Crippen LogP contribution in [0, 0.1) is 0 Å². The number of rotatable bonds is 57. The lowest BCUT2D eigenvalue weighted by molar-refractivity contribution is -0.870. The van der Waals surface area contributed by atoms with Gasteiger partial charge in [-0.2, -0.15) is 0 Å². The van der Waals surface area contributed by atoms with Gasteiger partial charge in [0.15, 0.2) is 0 Å². The minimum atomic E-state index is -4.45. The van der Waals surface area contributed by atoms with E-state index in [1.54, 1.807) is 0 Å². The largest absolute Gasteiger partial charge is 0.472 e. The van der Waals surface area contributed by atoms with Crippen molar-refractivity contribution >= 4 is 19.7 Å². The van der Waals surface area contributed by atoms with Crippen LogP contribution in [-0.4, -0.2) is 74.3 Å². The van der Waals surface area contributed by atoms with Crippen molar-refractivity contribution in [2.45, 2.75) is 290 Å². The number of allylic oxidation sites excluding steroid dienone is 13. The fourth-order valence-electron chi connectivity index (χ4n) is 8.94. The minimum absolute atomic E-state index is 0.0348. The molecule has 446 valence electrons. The number of quaternary nitrogens is 1. The quantitative estimate of drug-likeness (QED) is 0.0205. The summed E-state index contributed by atoms with van der Waals surface area (Å²) in [7, 11) is 1.48. The molecular weight excluding hydrogens is 976 g/mol. The Morgan fingerprint density at radius 2 is 0.831 bits per heavy atom. The van der Waals surface area contributed by atoms with Gasteiger partial charge in [0.2, 0.25) is 5.91 Å². The second kappa shape index (κ2) is 56.5. The highest BCUT2D eigenvalue weighted by Crippen LogP contribution is 2.43. The number of carbonyl (C=O) groups excluding carboxylic acids is 2. The Labute approximate surface area is 476 Å². The Hall–Kier alpha value is -2.81. The van der Waals surface area contributed by atoms with Crippen molar-refractivity contribution in [3.63, 3.8) is 0 Å². The van der Waals surface area contributed by atoms with E-state index in [-0.39, 0.29) is 31.5 Å². The van der Waals surface area contributed by atoms with Gasteiger partial charge < -0.3 is 19.4 Å². The summed E-state index contributed by atoms with van der Waals surface area (Å²) < 4.78 is 30.7. The van der Waals surface area contributed by atoms with Crippen LogP contribution in [0.5, 0.6) is 0 Å². The van der Waals surface area contributed by atoms with E-state index >= 15 is 0 Å². The molecule has 0 aliphatic heterocycles. The molecule has 1 amide bonds. The number of nitrogens with one attached hydrogen (secondary N) is 1. The fourth-order valence-corrected chi connectivity index (χ4v) is 9.68. The van der Waals surface area contributed by atoms with E-state index < -0.39 is 20.0 Å². The van der Waals surface area contributed by atoms with E-state index in [0.29, 0.717) is 17.4 Å². The maximum absolute atomic E-state index is 13.6. The molecule has 3 atom stereocenters. The third-order valence-corrected chi connectivity index (χ3v) is 14.8. The van der Waals surface area contributed by atoms with E-state index in [1.807, 2.05) is 33.3 Å². The van der Waals surface area contributed by atoms with Crippen LogP contribution in [-0.2, 0) is 27.9 Å². The number of carbonyl (C=O) groups is 2. The normalized spacial score (nSPS) is 14.2. The first-order valence-corrected chi connectivity index (χ1v) is 33.4. The zero-order chi connectivity index (χ0) is 56.4. The molecule has 0 heterocycles. The van der Waals surface area contributed by atoms with Gasteiger partial charge in [0.05, 0.1) is 33.8 Å². The Morgan fingerprint density at radius 3 is 1.25 bits per heavy atom. The van der Waals surface area contributed by atoms with Gasteiger partial charge >= 0.3 is 13.8 Å². The van der Waals surface area contributed by atoms with Crippen LogP contribution in [0.25, 0.3) is 0 Å². The van der Waals surface area contributed by atoms with E-state index in [2.05, 4.69) is 99.0 Å². The first kappa shape index (κ1) is 74.2. The van der Waals surface area contributed by atoms with Crippen LogP contribution in [0.15, 0.2) is 85.1 Å². The molecule has 0 rings (SSSR count). The second-order valence-corrected chi connectivity index (χ2v) is 24.0. The summed E-state index contributed by atoms with van der Waals surface area (Å²) in [5, 5.41) is 3.05. The van der Waals surface area contributed by atoms with Gasteiger partial charge in [-0.25, -0.2) is 4.57 Å². The van der Waals surface area contributed by atoms with Crippen molar-refractivity contribution < 1.29 is 37.3 Å². The van der Waals surface area contributed by atoms with Crippen LogP contribution in [0.1, 0.15) is 278 Å². The van der Waals surface area contributed by atoms with Crippen LogP contribution in [0.2, 0.25) is 0 Å².